The number of hydrogen-bond donors (Lipinski definition) is 8. The van der Waals surface area contributed by atoms with Gasteiger partial charge < -0.3 is 36.4 Å². The lowest BCUT2D eigenvalue weighted by Crippen LogP contribution is -2.54. The van der Waals surface area contributed by atoms with Crippen LogP contribution < -0.4 is 11.1 Å². The summed E-state index contributed by atoms with van der Waals surface area (Å²) in [7, 11) is 0. The van der Waals surface area contributed by atoms with Crippen LogP contribution in [0.2, 0.25) is 0 Å². The minimum absolute atomic E-state index is 0.212. The van der Waals surface area contributed by atoms with Gasteiger partial charge in [0.05, 0.1) is 6.61 Å². The van der Waals surface area contributed by atoms with Crippen LogP contribution in [0.15, 0.2) is 0 Å². The highest BCUT2D eigenvalue weighted by atomic mass is 16.4. The van der Waals surface area contributed by atoms with Gasteiger partial charge in [-0.3, -0.25) is 5.32 Å². The second kappa shape index (κ2) is 7.87. The van der Waals surface area contributed by atoms with Gasteiger partial charge in [0.25, 0.3) is 0 Å². The van der Waals surface area contributed by atoms with Crippen molar-refractivity contribution in [3.05, 3.63) is 0 Å². The molecule has 0 fully saturated rings. The van der Waals surface area contributed by atoms with Crippen LogP contribution in [0.1, 0.15) is 0 Å². The number of hydrogen-bond acceptors (Lipinski definition) is 8. The Balaban J connectivity index is 4.19. The molecule has 0 radical (unpaired) electrons. The van der Waals surface area contributed by atoms with Gasteiger partial charge in [-0.1, -0.05) is 0 Å². The van der Waals surface area contributed by atoms with Crippen molar-refractivity contribution in [1.82, 2.24) is 5.32 Å². The van der Waals surface area contributed by atoms with Crippen LogP contribution in [0.25, 0.3) is 0 Å². The fourth-order valence-corrected chi connectivity index (χ4v) is 1.08. The Labute approximate surface area is 92.9 Å². The van der Waals surface area contributed by atoms with Crippen molar-refractivity contribution in [2.75, 3.05) is 19.7 Å². The first kappa shape index (κ1) is 15.7. The van der Waals surface area contributed by atoms with Crippen LogP contribution >= 0.6 is 0 Å². The van der Waals surface area contributed by atoms with E-state index in [1.54, 1.807) is 0 Å². The van der Waals surface area contributed by atoms with Gasteiger partial charge in [-0.25, -0.2) is 0 Å². The summed E-state index contributed by atoms with van der Waals surface area (Å²) in [5.74, 6) is 0. The quantitative estimate of drug-likeness (QED) is 0.196. The van der Waals surface area contributed by atoms with E-state index < -0.39 is 37.3 Å². The summed E-state index contributed by atoms with van der Waals surface area (Å²) in [5, 5.41) is 57.2. The molecule has 16 heavy (non-hydrogen) atoms. The van der Waals surface area contributed by atoms with Crippen molar-refractivity contribution in [2.24, 2.45) is 5.73 Å². The molecule has 0 aromatic heterocycles. The van der Waals surface area contributed by atoms with E-state index in [4.69, 9.17) is 15.9 Å². The van der Waals surface area contributed by atoms with E-state index in [0.717, 1.165) is 0 Å². The van der Waals surface area contributed by atoms with Gasteiger partial charge in [-0.05, 0) is 0 Å². The zero-order chi connectivity index (χ0) is 12.7. The molecule has 0 spiro atoms. The summed E-state index contributed by atoms with van der Waals surface area (Å²) in [4.78, 5) is 0. The monoisotopic (exact) mass is 240 g/mol. The molecule has 0 aliphatic carbocycles. The zero-order valence-electron chi connectivity index (χ0n) is 8.77. The van der Waals surface area contributed by atoms with Gasteiger partial charge in [0.2, 0.25) is 0 Å². The summed E-state index contributed by atoms with van der Waals surface area (Å²) < 4.78 is 0. The van der Waals surface area contributed by atoms with Gasteiger partial charge in [-0.2, -0.15) is 0 Å². The van der Waals surface area contributed by atoms with Crippen molar-refractivity contribution in [2.45, 2.75) is 30.6 Å². The van der Waals surface area contributed by atoms with Crippen molar-refractivity contribution in [3.63, 3.8) is 0 Å². The molecule has 0 aromatic rings. The molecule has 1 unspecified atom stereocenters. The van der Waals surface area contributed by atoms with E-state index in [-0.39, 0.29) is 13.1 Å². The van der Waals surface area contributed by atoms with Crippen molar-refractivity contribution in [3.8, 4) is 0 Å². The summed E-state index contributed by atoms with van der Waals surface area (Å²) in [6.45, 7) is -0.331. The fraction of sp³-hybridized carbons (Fsp3) is 1.00. The Kier molecular flexibility index (Phi) is 7.72. The highest BCUT2D eigenvalue weighted by Gasteiger charge is 2.33. The summed E-state index contributed by atoms with van der Waals surface area (Å²) in [6.07, 6.45) is -8.33. The average Bonchev–Trinajstić information content (AvgIpc) is 2.31. The Morgan fingerprint density at radius 2 is 1.50 bits per heavy atom. The van der Waals surface area contributed by atoms with Crippen LogP contribution in [0.5, 0.6) is 0 Å². The molecular weight excluding hydrogens is 220 g/mol. The minimum atomic E-state index is -1.79. The molecule has 98 valence electrons. The Morgan fingerprint density at radius 1 is 0.938 bits per heavy atom. The maximum absolute atomic E-state index is 9.37. The van der Waals surface area contributed by atoms with Gasteiger partial charge >= 0.3 is 0 Å². The lowest BCUT2D eigenvalue weighted by atomic mass is 10.0. The molecule has 0 aliphatic rings. The van der Waals surface area contributed by atoms with Crippen molar-refractivity contribution in [1.29, 1.82) is 0 Å². The fourth-order valence-electron chi connectivity index (χ4n) is 1.08. The van der Waals surface area contributed by atoms with Gasteiger partial charge in [0.1, 0.15) is 30.6 Å². The molecule has 8 heteroatoms. The summed E-state index contributed by atoms with van der Waals surface area (Å²) >= 11 is 0. The predicted molar refractivity (Wildman–Crippen MR) is 54.2 cm³/mol. The first-order valence-corrected chi connectivity index (χ1v) is 4.90. The topological polar surface area (TPSA) is 159 Å². The third-order valence-corrected chi connectivity index (χ3v) is 2.10. The maximum atomic E-state index is 9.37. The molecule has 0 saturated heterocycles. The number of aliphatic hydroxyl groups excluding tert-OH is 6. The number of aliphatic hydroxyl groups is 6. The molecule has 0 rings (SSSR count). The molecule has 0 aromatic carbocycles. The first-order chi connectivity index (χ1) is 7.45. The summed E-state index contributed by atoms with van der Waals surface area (Å²) in [5.41, 5.74) is 5.14. The van der Waals surface area contributed by atoms with Crippen molar-refractivity contribution >= 4 is 0 Å². The van der Waals surface area contributed by atoms with Gasteiger partial charge in [0.15, 0.2) is 0 Å². The number of nitrogens with one attached hydrogen (secondary N) is 1. The molecule has 0 saturated carbocycles. The molecule has 0 amide bonds. The molecule has 0 aliphatic heterocycles. The zero-order valence-corrected chi connectivity index (χ0v) is 8.77. The summed E-state index contributed by atoms with van der Waals surface area (Å²) in [6, 6.07) is 0. The molecular formula is C8H20N2O6. The number of rotatable bonds is 8. The highest BCUT2D eigenvalue weighted by molar-refractivity contribution is 4.83. The third-order valence-electron chi connectivity index (χ3n) is 2.10. The van der Waals surface area contributed by atoms with Gasteiger partial charge in [-0.15, -0.1) is 0 Å². The lowest BCUT2D eigenvalue weighted by molar-refractivity contribution is -0.144. The van der Waals surface area contributed by atoms with Crippen molar-refractivity contribution < 1.29 is 30.6 Å². The van der Waals surface area contributed by atoms with Gasteiger partial charge in [0, 0.05) is 13.1 Å². The normalized spacial score (nSPS) is 21.2. The standard InChI is InChI=1S/C8H20N2O6/c9-1-2-10-8(16)7(15)6(14)5(13)4(12)3-11/h4-8,10-16H,1-3,9H2/t4-,5-,6+,7-,8?/m1/s1. The molecule has 8 nitrogen and oxygen atoms in total. The van der Waals surface area contributed by atoms with E-state index in [0.29, 0.717) is 0 Å². The van der Waals surface area contributed by atoms with Crippen LogP contribution in [-0.4, -0.2) is 81.0 Å². The third kappa shape index (κ3) is 4.68. The Hall–Kier alpha value is -0.320. The smallest absolute Gasteiger partial charge is 0.133 e. The Bertz CT molecular complexity index is 184. The Morgan fingerprint density at radius 3 is 1.94 bits per heavy atom. The first-order valence-electron chi connectivity index (χ1n) is 4.90. The molecule has 0 heterocycles. The minimum Gasteiger partial charge on any atom is -0.394 e. The molecule has 9 N–H and O–H groups in total. The van der Waals surface area contributed by atoms with E-state index in [2.05, 4.69) is 5.32 Å². The largest absolute Gasteiger partial charge is 0.394 e. The van der Waals surface area contributed by atoms with E-state index in [9.17, 15) is 20.4 Å². The van der Waals surface area contributed by atoms with Crippen LogP contribution in [-0.2, 0) is 0 Å². The molecule has 5 atom stereocenters. The van der Waals surface area contributed by atoms with E-state index >= 15 is 0 Å². The second-order valence-corrected chi connectivity index (χ2v) is 3.41. The SMILES string of the molecule is NCCNC(O)[C@H](O)[C@@H](O)[C@H](O)[C@H](O)CO. The molecule has 0 bridgehead atoms. The maximum Gasteiger partial charge on any atom is 0.133 e. The van der Waals surface area contributed by atoms with Crippen LogP contribution in [0.3, 0.4) is 0 Å². The van der Waals surface area contributed by atoms with Crippen LogP contribution in [0.4, 0.5) is 0 Å². The van der Waals surface area contributed by atoms with E-state index in [1.165, 1.54) is 0 Å². The van der Waals surface area contributed by atoms with E-state index in [1.807, 2.05) is 0 Å². The predicted octanol–water partition coefficient (Wildman–Crippen LogP) is -4.71. The average molecular weight is 240 g/mol. The number of nitrogens with two attached hydrogens (primary N) is 1. The second-order valence-electron chi connectivity index (χ2n) is 3.41. The highest BCUT2D eigenvalue weighted by Crippen LogP contribution is 2.07. The van der Waals surface area contributed by atoms with Crippen LogP contribution in [0, 0.1) is 0 Å². The lowest BCUT2D eigenvalue weighted by Gasteiger charge is -2.28.